The van der Waals surface area contributed by atoms with Crippen molar-refractivity contribution in [3.63, 3.8) is 0 Å². The zero-order valence-electron chi connectivity index (χ0n) is 17.4. The van der Waals surface area contributed by atoms with Crippen LogP contribution >= 0.6 is 11.6 Å². The lowest BCUT2D eigenvalue weighted by Crippen LogP contribution is -2.49. The standard InChI is InChI=1S/C21H24ClFN2O5S/c1-4-18(25(31(3,27)28)15-6-7-17(23)16(22)12-15)21(26)24-13(2)14-5-8-19-20(11-14)30-10-9-29-19/h5-8,11-13,18H,4,9-10H2,1-3H3,(H,24,26)/t13-,18-/m1/s1. The van der Waals surface area contributed by atoms with Crippen molar-refractivity contribution < 1.29 is 27.1 Å². The molecule has 7 nitrogen and oxygen atoms in total. The van der Waals surface area contributed by atoms with Crippen molar-refractivity contribution in [2.75, 3.05) is 23.8 Å². The van der Waals surface area contributed by atoms with E-state index < -0.39 is 33.8 Å². The van der Waals surface area contributed by atoms with E-state index in [1.165, 1.54) is 12.1 Å². The number of nitrogens with zero attached hydrogens (tertiary/aromatic N) is 1. The van der Waals surface area contributed by atoms with Crippen LogP contribution in [0.4, 0.5) is 10.1 Å². The molecular formula is C21H24ClFN2O5S. The summed E-state index contributed by atoms with van der Waals surface area (Å²) in [5, 5.41) is 2.62. The Bertz CT molecular complexity index is 1080. The van der Waals surface area contributed by atoms with Crippen molar-refractivity contribution in [1.82, 2.24) is 5.32 Å². The van der Waals surface area contributed by atoms with Gasteiger partial charge in [0.1, 0.15) is 25.1 Å². The first-order valence-corrected chi connectivity index (χ1v) is 12.0. The van der Waals surface area contributed by atoms with Gasteiger partial charge in [0.25, 0.3) is 0 Å². The zero-order valence-corrected chi connectivity index (χ0v) is 19.0. The Morgan fingerprint density at radius 1 is 1.19 bits per heavy atom. The van der Waals surface area contributed by atoms with E-state index in [0.717, 1.165) is 22.2 Å². The molecule has 0 saturated carbocycles. The van der Waals surface area contributed by atoms with Crippen LogP contribution in [0.1, 0.15) is 31.9 Å². The highest BCUT2D eigenvalue weighted by molar-refractivity contribution is 7.92. The predicted molar refractivity (Wildman–Crippen MR) is 117 cm³/mol. The maximum absolute atomic E-state index is 13.6. The van der Waals surface area contributed by atoms with Gasteiger partial charge < -0.3 is 14.8 Å². The second-order valence-corrected chi connectivity index (χ2v) is 9.48. The molecule has 2 atom stereocenters. The van der Waals surface area contributed by atoms with Gasteiger partial charge in [0.05, 0.1) is 23.0 Å². The molecule has 168 valence electrons. The van der Waals surface area contributed by atoms with Crippen LogP contribution in [-0.4, -0.2) is 39.8 Å². The second-order valence-electron chi connectivity index (χ2n) is 7.21. The SMILES string of the molecule is CC[C@H](C(=O)N[C@H](C)c1ccc2c(c1)OCCO2)N(c1ccc(F)c(Cl)c1)S(C)(=O)=O. The molecule has 1 N–H and O–H groups in total. The van der Waals surface area contributed by atoms with Gasteiger partial charge in [-0.2, -0.15) is 0 Å². The molecule has 0 aromatic heterocycles. The van der Waals surface area contributed by atoms with Crippen LogP contribution in [0.3, 0.4) is 0 Å². The average Bonchev–Trinajstić information content (AvgIpc) is 2.72. The first-order chi connectivity index (χ1) is 14.6. The molecule has 0 saturated heterocycles. The summed E-state index contributed by atoms with van der Waals surface area (Å²) >= 11 is 5.84. The van der Waals surface area contributed by atoms with E-state index in [1.807, 2.05) is 6.07 Å². The van der Waals surface area contributed by atoms with Crippen LogP contribution in [0.25, 0.3) is 0 Å². The third-order valence-corrected chi connectivity index (χ3v) is 6.38. The highest BCUT2D eigenvalue weighted by atomic mass is 35.5. The van der Waals surface area contributed by atoms with Crippen LogP contribution in [0.2, 0.25) is 5.02 Å². The molecule has 2 aromatic carbocycles. The monoisotopic (exact) mass is 470 g/mol. The number of carbonyl (C=O) groups is 1. The summed E-state index contributed by atoms with van der Waals surface area (Å²) in [5.41, 5.74) is 0.895. The van der Waals surface area contributed by atoms with Crippen molar-refractivity contribution in [1.29, 1.82) is 0 Å². The number of hydrogen-bond acceptors (Lipinski definition) is 5. The van der Waals surface area contributed by atoms with Crippen LogP contribution < -0.4 is 19.1 Å². The quantitative estimate of drug-likeness (QED) is 0.667. The largest absolute Gasteiger partial charge is 0.486 e. The van der Waals surface area contributed by atoms with E-state index in [9.17, 15) is 17.6 Å². The highest BCUT2D eigenvalue weighted by Gasteiger charge is 2.32. The average molecular weight is 471 g/mol. The number of anilines is 1. The number of amides is 1. The Hall–Kier alpha value is -2.52. The van der Waals surface area contributed by atoms with Gasteiger partial charge in [0, 0.05) is 0 Å². The van der Waals surface area contributed by atoms with E-state index in [1.54, 1.807) is 26.0 Å². The van der Waals surface area contributed by atoms with E-state index in [0.29, 0.717) is 24.7 Å². The molecule has 31 heavy (non-hydrogen) atoms. The van der Waals surface area contributed by atoms with E-state index in [2.05, 4.69) is 5.32 Å². The van der Waals surface area contributed by atoms with E-state index >= 15 is 0 Å². The minimum atomic E-state index is -3.86. The number of benzene rings is 2. The van der Waals surface area contributed by atoms with Gasteiger partial charge in [0.2, 0.25) is 15.9 Å². The van der Waals surface area contributed by atoms with Crippen molar-refractivity contribution in [3.8, 4) is 11.5 Å². The molecule has 0 fully saturated rings. The van der Waals surface area contributed by atoms with Gasteiger partial charge in [-0.1, -0.05) is 24.6 Å². The summed E-state index contributed by atoms with van der Waals surface area (Å²) in [6.07, 6.45) is 1.19. The second kappa shape index (κ2) is 9.32. The molecule has 0 unspecified atom stereocenters. The topological polar surface area (TPSA) is 84.9 Å². The molecule has 0 spiro atoms. The number of nitrogens with one attached hydrogen (secondary N) is 1. The van der Waals surface area contributed by atoms with Crippen molar-refractivity contribution in [2.45, 2.75) is 32.4 Å². The number of ether oxygens (including phenoxy) is 2. The molecule has 1 aliphatic rings. The van der Waals surface area contributed by atoms with Gasteiger partial charge >= 0.3 is 0 Å². The fraction of sp³-hybridized carbons (Fsp3) is 0.381. The number of halogens is 2. The van der Waals surface area contributed by atoms with Crippen LogP contribution in [0.5, 0.6) is 11.5 Å². The molecule has 1 heterocycles. The van der Waals surface area contributed by atoms with Crippen LogP contribution in [0, 0.1) is 5.82 Å². The number of rotatable bonds is 7. The molecule has 0 bridgehead atoms. The summed E-state index contributed by atoms with van der Waals surface area (Å²) in [4.78, 5) is 13.1. The van der Waals surface area contributed by atoms with Gasteiger partial charge in [-0.05, 0) is 49.2 Å². The maximum atomic E-state index is 13.6. The van der Waals surface area contributed by atoms with Crippen LogP contribution in [0.15, 0.2) is 36.4 Å². The lowest BCUT2D eigenvalue weighted by atomic mass is 10.1. The Morgan fingerprint density at radius 3 is 2.48 bits per heavy atom. The Labute approximate surface area is 186 Å². The lowest BCUT2D eigenvalue weighted by Gasteiger charge is -2.31. The van der Waals surface area contributed by atoms with E-state index in [-0.39, 0.29) is 17.1 Å². The fourth-order valence-electron chi connectivity index (χ4n) is 3.40. The normalized spacial score (nSPS) is 15.1. The van der Waals surface area contributed by atoms with E-state index in [4.69, 9.17) is 21.1 Å². The number of fused-ring (bicyclic) bond motifs is 1. The van der Waals surface area contributed by atoms with Gasteiger partial charge in [0.15, 0.2) is 11.5 Å². The Balaban J connectivity index is 1.85. The minimum Gasteiger partial charge on any atom is -0.486 e. The van der Waals surface area contributed by atoms with Crippen LogP contribution in [-0.2, 0) is 14.8 Å². The number of hydrogen-bond donors (Lipinski definition) is 1. The Kier molecular flexibility index (Phi) is 6.96. The molecule has 3 rings (SSSR count). The molecule has 0 aliphatic carbocycles. The molecule has 0 radical (unpaired) electrons. The van der Waals surface area contributed by atoms with Crippen molar-refractivity contribution in [3.05, 3.63) is 52.8 Å². The summed E-state index contributed by atoms with van der Waals surface area (Å²) in [5.74, 6) is 0.0615. The van der Waals surface area contributed by atoms with Gasteiger partial charge in [-0.3, -0.25) is 9.10 Å². The Morgan fingerprint density at radius 2 is 1.87 bits per heavy atom. The third-order valence-electron chi connectivity index (χ3n) is 4.91. The molecule has 1 aliphatic heterocycles. The summed E-state index contributed by atoms with van der Waals surface area (Å²) in [7, 11) is -3.86. The van der Waals surface area contributed by atoms with Gasteiger partial charge in [-0.15, -0.1) is 0 Å². The molecule has 2 aromatic rings. The lowest BCUT2D eigenvalue weighted by molar-refractivity contribution is -0.122. The number of carbonyl (C=O) groups excluding carboxylic acids is 1. The summed E-state index contributed by atoms with van der Waals surface area (Å²) in [6, 6.07) is 7.44. The fourth-order valence-corrected chi connectivity index (χ4v) is 4.78. The summed E-state index contributed by atoms with van der Waals surface area (Å²) in [6.45, 7) is 4.40. The van der Waals surface area contributed by atoms with Crippen molar-refractivity contribution in [2.24, 2.45) is 0 Å². The number of sulfonamides is 1. The molecule has 1 amide bonds. The zero-order chi connectivity index (χ0) is 22.8. The first kappa shape index (κ1) is 23.1. The minimum absolute atomic E-state index is 0.114. The van der Waals surface area contributed by atoms with Gasteiger partial charge in [-0.25, -0.2) is 12.8 Å². The maximum Gasteiger partial charge on any atom is 0.244 e. The highest BCUT2D eigenvalue weighted by Crippen LogP contribution is 2.33. The predicted octanol–water partition coefficient (Wildman–Crippen LogP) is 3.67. The third kappa shape index (κ3) is 5.22. The molecule has 10 heteroatoms. The summed E-state index contributed by atoms with van der Waals surface area (Å²) < 4.78 is 50.7. The smallest absolute Gasteiger partial charge is 0.244 e. The molecular weight excluding hydrogens is 447 g/mol. The first-order valence-electron chi connectivity index (χ1n) is 9.76. The van der Waals surface area contributed by atoms with Crippen molar-refractivity contribution >= 4 is 33.2 Å².